The maximum Gasteiger partial charge on any atom is 0.310 e. The third-order valence-electron chi connectivity index (χ3n) is 3.82. The van der Waals surface area contributed by atoms with E-state index in [0.29, 0.717) is 11.3 Å². The largest absolute Gasteiger partial charge is 0.455 e. The van der Waals surface area contributed by atoms with E-state index in [4.69, 9.17) is 10.00 Å². The molecular formula is C21H16N2O3. The van der Waals surface area contributed by atoms with Crippen LogP contribution in [0.3, 0.4) is 0 Å². The van der Waals surface area contributed by atoms with Crippen molar-refractivity contribution in [2.24, 2.45) is 0 Å². The van der Waals surface area contributed by atoms with Gasteiger partial charge in [0.1, 0.15) is 0 Å². The Hall–Kier alpha value is -3.65. The summed E-state index contributed by atoms with van der Waals surface area (Å²) in [6.45, 7) is -0.355. The highest BCUT2D eigenvalue weighted by Gasteiger charge is 2.09. The number of benzene rings is 3. The second-order valence-electron chi connectivity index (χ2n) is 5.76. The van der Waals surface area contributed by atoms with Crippen LogP contribution in [0.25, 0.3) is 10.8 Å². The zero-order chi connectivity index (χ0) is 18.4. The molecule has 0 saturated heterocycles. The maximum atomic E-state index is 12.0. The van der Waals surface area contributed by atoms with Gasteiger partial charge in [-0.15, -0.1) is 0 Å². The average molecular weight is 344 g/mol. The van der Waals surface area contributed by atoms with Gasteiger partial charge in [0.15, 0.2) is 6.61 Å². The van der Waals surface area contributed by atoms with E-state index in [1.165, 1.54) is 0 Å². The molecule has 0 aliphatic heterocycles. The molecule has 0 atom stereocenters. The van der Waals surface area contributed by atoms with Crippen molar-refractivity contribution in [3.05, 3.63) is 77.9 Å². The van der Waals surface area contributed by atoms with Gasteiger partial charge in [0, 0.05) is 5.69 Å². The number of anilines is 1. The van der Waals surface area contributed by atoms with Gasteiger partial charge in [-0.05, 0) is 40.6 Å². The first-order chi connectivity index (χ1) is 12.6. The number of carbonyl (C=O) groups excluding carboxylic acids is 2. The van der Waals surface area contributed by atoms with E-state index < -0.39 is 11.9 Å². The molecule has 3 aromatic rings. The van der Waals surface area contributed by atoms with Crippen molar-refractivity contribution in [1.29, 1.82) is 5.26 Å². The predicted molar refractivity (Wildman–Crippen MR) is 98.4 cm³/mol. The number of fused-ring (bicyclic) bond motifs is 1. The molecular weight excluding hydrogens is 328 g/mol. The molecule has 3 aromatic carbocycles. The Bertz CT molecular complexity index is 988. The van der Waals surface area contributed by atoms with Gasteiger partial charge in [-0.2, -0.15) is 5.26 Å². The van der Waals surface area contributed by atoms with Crippen molar-refractivity contribution >= 4 is 28.3 Å². The number of nitrogens with one attached hydrogen (secondary N) is 1. The smallest absolute Gasteiger partial charge is 0.310 e. The van der Waals surface area contributed by atoms with Crippen molar-refractivity contribution in [3.8, 4) is 6.07 Å². The van der Waals surface area contributed by atoms with Crippen molar-refractivity contribution < 1.29 is 14.3 Å². The van der Waals surface area contributed by atoms with Crippen LogP contribution in [0.1, 0.15) is 11.1 Å². The van der Waals surface area contributed by atoms with E-state index >= 15 is 0 Å². The Morgan fingerprint density at radius 2 is 1.69 bits per heavy atom. The van der Waals surface area contributed by atoms with Crippen LogP contribution < -0.4 is 5.32 Å². The minimum Gasteiger partial charge on any atom is -0.455 e. The number of amides is 1. The Kier molecular flexibility index (Phi) is 5.25. The number of nitriles is 1. The molecule has 0 unspecified atom stereocenters. The molecule has 0 radical (unpaired) electrons. The van der Waals surface area contributed by atoms with Crippen LogP contribution in [0.15, 0.2) is 66.7 Å². The number of ether oxygens (including phenoxy) is 1. The highest BCUT2D eigenvalue weighted by atomic mass is 16.5. The number of hydrogen-bond donors (Lipinski definition) is 1. The topological polar surface area (TPSA) is 79.2 Å². The molecule has 1 amide bonds. The second kappa shape index (κ2) is 7.95. The molecule has 1 N–H and O–H groups in total. The summed E-state index contributed by atoms with van der Waals surface area (Å²) in [6, 6.07) is 22.1. The molecule has 0 fully saturated rings. The van der Waals surface area contributed by atoms with Crippen molar-refractivity contribution in [2.75, 3.05) is 11.9 Å². The van der Waals surface area contributed by atoms with Gasteiger partial charge in [0.2, 0.25) is 0 Å². The summed E-state index contributed by atoms with van der Waals surface area (Å²) in [4.78, 5) is 23.8. The van der Waals surface area contributed by atoms with E-state index in [1.54, 1.807) is 24.3 Å². The molecule has 0 heterocycles. The SMILES string of the molecule is N#Cc1ccc(NC(=O)COC(=O)Cc2ccc3ccccc3c2)cc1. The lowest BCUT2D eigenvalue weighted by molar-refractivity contribution is -0.146. The van der Waals surface area contributed by atoms with E-state index in [1.807, 2.05) is 48.5 Å². The monoisotopic (exact) mass is 344 g/mol. The minimum absolute atomic E-state index is 0.106. The molecule has 5 heteroatoms. The first-order valence-corrected chi connectivity index (χ1v) is 8.07. The summed E-state index contributed by atoms with van der Waals surface area (Å²) in [7, 11) is 0. The summed E-state index contributed by atoms with van der Waals surface area (Å²) in [5.41, 5.74) is 1.88. The van der Waals surface area contributed by atoms with Crippen molar-refractivity contribution in [3.63, 3.8) is 0 Å². The molecule has 3 rings (SSSR count). The number of esters is 1. The zero-order valence-electron chi connectivity index (χ0n) is 13.9. The third-order valence-corrected chi connectivity index (χ3v) is 3.82. The Morgan fingerprint density at radius 3 is 2.42 bits per heavy atom. The van der Waals surface area contributed by atoms with Gasteiger partial charge < -0.3 is 10.1 Å². The Balaban J connectivity index is 1.51. The van der Waals surface area contributed by atoms with E-state index in [0.717, 1.165) is 16.3 Å². The number of nitrogens with zero attached hydrogens (tertiary/aromatic N) is 1. The van der Waals surface area contributed by atoms with Crippen LogP contribution in [0, 0.1) is 11.3 Å². The molecule has 0 bridgehead atoms. The fraction of sp³-hybridized carbons (Fsp3) is 0.0952. The third kappa shape index (κ3) is 4.46. The molecule has 5 nitrogen and oxygen atoms in total. The van der Waals surface area contributed by atoms with Crippen LogP contribution in [-0.4, -0.2) is 18.5 Å². The fourth-order valence-corrected chi connectivity index (χ4v) is 2.54. The van der Waals surface area contributed by atoms with Crippen LogP contribution in [0.4, 0.5) is 5.69 Å². The lowest BCUT2D eigenvalue weighted by Crippen LogP contribution is -2.21. The lowest BCUT2D eigenvalue weighted by atomic mass is 10.1. The Morgan fingerprint density at radius 1 is 0.962 bits per heavy atom. The molecule has 0 aliphatic rings. The quantitative estimate of drug-likeness (QED) is 0.719. The lowest BCUT2D eigenvalue weighted by Gasteiger charge is -2.07. The van der Waals surface area contributed by atoms with Gasteiger partial charge in [-0.1, -0.05) is 42.5 Å². The van der Waals surface area contributed by atoms with Crippen LogP contribution in [-0.2, 0) is 20.7 Å². The summed E-state index contributed by atoms with van der Waals surface area (Å²) < 4.78 is 5.03. The van der Waals surface area contributed by atoms with E-state index in [9.17, 15) is 9.59 Å². The van der Waals surface area contributed by atoms with Gasteiger partial charge in [-0.25, -0.2) is 0 Å². The first kappa shape index (κ1) is 17.2. The van der Waals surface area contributed by atoms with Crippen molar-refractivity contribution in [2.45, 2.75) is 6.42 Å². The maximum absolute atomic E-state index is 12.0. The number of hydrogen-bond acceptors (Lipinski definition) is 4. The van der Waals surface area contributed by atoms with E-state index in [-0.39, 0.29) is 13.0 Å². The van der Waals surface area contributed by atoms with Gasteiger partial charge in [0.05, 0.1) is 18.1 Å². The molecule has 128 valence electrons. The highest BCUT2D eigenvalue weighted by Crippen LogP contribution is 2.16. The minimum atomic E-state index is -0.463. The standard InChI is InChI=1S/C21H16N2O3/c22-13-15-6-9-19(10-7-15)23-20(24)14-26-21(25)12-16-5-8-17-3-1-2-4-18(17)11-16/h1-11H,12,14H2,(H,23,24). The second-order valence-corrected chi connectivity index (χ2v) is 5.76. The summed E-state index contributed by atoms with van der Waals surface area (Å²) >= 11 is 0. The molecule has 26 heavy (non-hydrogen) atoms. The normalized spacial score (nSPS) is 10.1. The molecule has 0 spiro atoms. The summed E-state index contributed by atoms with van der Waals surface area (Å²) in [5, 5.41) is 13.5. The number of carbonyl (C=O) groups is 2. The first-order valence-electron chi connectivity index (χ1n) is 8.07. The highest BCUT2D eigenvalue weighted by molar-refractivity contribution is 5.93. The molecule has 0 saturated carbocycles. The summed E-state index contributed by atoms with van der Waals surface area (Å²) in [5.74, 6) is -0.892. The van der Waals surface area contributed by atoms with Crippen LogP contribution >= 0.6 is 0 Å². The van der Waals surface area contributed by atoms with Gasteiger partial charge in [0.25, 0.3) is 5.91 Å². The van der Waals surface area contributed by atoms with Gasteiger partial charge in [-0.3, -0.25) is 9.59 Å². The fourth-order valence-electron chi connectivity index (χ4n) is 2.54. The molecule has 0 aliphatic carbocycles. The Labute approximate surface area is 150 Å². The predicted octanol–water partition coefficient (Wildman–Crippen LogP) is 3.44. The molecule has 0 aromatic heterocycles. The van der Waals surface area contributed by atoms with E-state index in [2.05, 4.69) is 5.32 Å². The summed E-state index contributed by atoms with van der Waals surface area (Å²) in [6.07, 6.45) is 0.106. The van der Waals surface area contributed by atoms with Crippen LogP contribution in [0.2, 0.25) is 0 Å². The average Bonchev–Trinajstić information content (AvgIpc) is 2.67. The number of rotatable bonds is 5. The van der Waals surface area contributed by atoms with Crippen molar-refractivity contribution in [1.82, 2.24) is 0 Å². The van der Waals surface area contributed by atoms with Gasteiger partial charge >= 0.3 is 5.97 Å². The van der Waals surface area contributed by atoms with Crippen LogP contribution in [0.5, 0.6) is 0 Å². The zero-order valence-corrected chi connectivity index (χ0v) is 13.9.